The summed E-state index contributed by atoms with van der Waals surface area (Å²) in [5.41, 5.74) is 3.69. The Bertz CT molecular complexity index is 891. The minimum Gasteiger partial charge on any atom is -0.493 e. The summed E-state index contributed by atoms with van der Waals surface area (Å²) in [7, 11) is 3.17. The van der Waals surface area contributed by atoms with Crippen molar-refractivity contribution in [3.05, 3.63) is 47.8 Å². The lowest BCUT2D eigenvalue weighted by Gasteiger charge is -2.08. The van der Waals surface area contributed by atoms with Crippen LogP contribution in [0.15, 0.2) is 36.4 Å². The number of hydrogen-bond donors (Lipinski definition) is 0. The Hall–Kier alpha value is -3.00. The molecule has 0 saturated heterocycles. The van der Waals surface area contributed by atoms with Crippen LogP contribution in [0.2, 0.25) is 0 Å². The predicted octanol–water partition coefficient (Wildman–Crippen LogP) is 3.20. The number of imidazole rings is 1. The Balaban J connectivity index is 2.27. The van der Waals surface area contributed by atoms with Crippen molar-refractivity contribution in [1.82, 2.24) is 9.38 Å². The maximum absolute atomic E-state index is 9.55. The summed E-state index contributed by atoms with van der Waals surface area (Å²) in [5, 5.41) is 9.55. The van der Waals surface area contributed by atoms with E-state index in [9.17, 15) is 5.26 Å². The molecule has 3 aromatic rings. The fourth-order valence-electron chi connectivity index (χ4n) is 2.54. The SMILES string of the molecule is COc1ccc(-c2nc3cccc(C)n3c2C#N)cc1OC. The molecule has 0 fully saturated rings. The van der Waals surface area contributed by atoms with Crippen molar-refractivity contribution < 1.29 is 9.47 Å². The zero-order valence-electron chi connectivity index (χ0n) is 12.6. The van der Waals surface area contributed by atoms with E-state index in [1.165, 1.54) is 0 Å². The molecule has 5 nitrogen and oxygen atoms in total. The van der Waals surface area contributed by atoms with Gasteiger partial charge in [-0.05, 0) is 37.3 Å². The Morgan fingerprint density at radius 1 is 1.09 bits per heavy atom. The van der Waals surface area contributed by atoms with Crippen molar-refractivity contribution >= 4 is 5.65 Å². The molecular weight excluding hydrogens is 278 g/mol. The van der Waals surface area contributed by atoms with Gasteiger partial charge in [-0.2, -0.15) is 5.26 Å². The monoisotopic (exact) mass is 293 g/mol. The Labute approximate surface area is 128 Å². The van der Waals surface area contributed by atoms with Gasteiger partial charge in [-0.15, -0.1) is 0 Å². The minimum absolute atomic E-state index is 0.514. The molecule has 0 unspecified atom stereocenters. The third-order valence-electron chi connectivity index (χ3n) is 3.60. The molecule has 2 heterocycles. The normalized spacial score (nSPS) is 10.5. The summed E-state index contributed by atoms with van der Waals surface area (Å²) < 4.78 is 12.4. The number of aryl methyl sites for hydroxylation is 1. The maximum Gasteiger partial charge on any atom is 0.161 e. The topological polar surface area (TPSA) is 59.5 Å². The Morgan fingerprint density at radius 3 is 2.55 bits per heavy atom. The number of hydrogen-bond acceptors (Lipinski definition) is 4. The highest BCUT2D eigenvalue weighted by molar-refractivity contribution is 5.72. The van der Waals surface area contributed by atoms with Crippen LogP contribution in [-0.4, -0.2) is 23.6 Å². The van der Waals surface area contributed by atoms with Crippen molar-refractivity contribution in [3.63, 3.8) is 0 Å². The molecule has 0 aliphatic heterocycles. The van der Waals surface area contributed by atoms with E-state index in [1.807, 2.05) is 47.7 Å². The van der Waals surface area contributed by atoms with Gasteiger partial charge in [-0.25, -0.2) is 4.98 Å². The smallest absolute Gasteiger partial charge is 0.161 e. The van der Waals surface area contributed by atoms with Crippen molar-refractivity contribution in [1.29, 1.82) is 5.26 Å². The van der Waals surface area contributed by atoms with Gasteiger partial charge in [0.05, 0.1) is 14.2 Å². The molecule has 0 saturated carbocycles. The first-order chi connectivity index (χ1) is 10.7. The molecule has 1 aromatic carbocycles. The largest absolute Gasteiger partial charge is 0.493 e. The van der Waals surface area contributed by atoms with Crippen molar-refractivity contribution in [2.75, 3.05) is 14.2 Å². The van der Waals surface area contributed by atoms with Gasteiger partial charge in [0.15, 0.2) is 17.2 Å². The highest BCUT2D eigenvalue weighted by Crippen LogP contribution is 2.33. The first kappa shape index (κ1) is 14.0. The molecule has 22 heavy (non-hydrogen) atoms. The number of nitriles is 1. The van der Waals surface area contributed by atoms with E-state index in [1.54, 1.807) is 14.2 Å². The average molecular weight is 293 g/mol. The van der Waals surface area contributed by atoms with Crippen molar-refractivity contribution in [3.8, 4) is 28.8 Å². The minimum atomic E-state index is 0.514. The fraction of sp³-hybridized carbons (Fsp3) is 0.176. The molecule has 0 atom stereocenters. The predicted molar refractivity (Wildman–Crippen MR) is 83.2 cm³/mol. The molecule has 0 spiro atoms. The van der Waals surface area contributed by atoms with Crippen molar-refractivity contribution in [2.45, 2.75) is 6.92 Å². The van der Waals surface area contributed by atoms with Crippen LogP contribution >= 0.6 is 0 Å². The molecule has 2 aromatic heterocycles. The van der Waals surface area contributed by atoms with E-state index < -0.39 is 0 Å². The molecule has 0 aliphatic rings. The van der Waals surface area contributed by atoms with Crippen LogP contribution in [0.5, 0.6) is 11.5 Å². The molecule has 3 rings (SSSR count). The number of fused-ring (bicyclic) bond motifs is 1. The van der Waals surface area contributed by atoms with E-state index >= 15 is 0 Å². The van der Waals surface area contributed by atoms with Crippen LogP contribution in [0.3, 0.4) is 0 Å². The number of methoxy groups -OCH3 is 2. The summed E-state index contributed by atoms with van der Waals surface area (Å²) in [6.07, 6.45) is 0. The lowest BCUT2D eigenvalue weighted by Crippen LogP contribution is -1.94. The van der Waals surface area contributed by atoms with Gasteiger partial charge in [-0.1, -0.05) is 6.07 Å². The maximum atomic E-state index is 9.55. The van der Waals surface area contributed by atoms with Gasteiger partial charge in [0.2, 0.25) is 0 Å². The summed E-state index contributed by atoms with van der Waals surface area (Å²) in [6.45, 7) is 1.95. The third kappa shape index (κ3) is 2.06. The van der Waals surface area contributed by atoms with Gasteiger partial charge in [0.25, 0.3) is 0 Å². The molecule has 0 N–H and O–H groups in total. The second-order valence-electron chi connectivity index (χ2n) is 4.85. The molecule has 0 amide bonds. The van der Waals surface area contributed by atoms with Crippen LogP contribution in [0.4, 0.5) is 0 Å². The van der Waals surface area contributed by atoms with Gasteiger partial charge in [0, 0.05) is 11.3 Å². The number of benzene rings is 1. The quantitative estimate of drug-likeness (QED) is 0.744. The van der Waals surface area contributed by atoms with Crippen LogP contribution in [0.1, 0.15) is 11.4 Å². The Kier molecular flexibility index (Phi) is 3.43. The summed E-state index contributed by atoms with van der Waals surface area (Å²) >= 11 is 0. The average Bonchev–Trinajstić information content (AvgIpc) is 2.94. The van der Waals surface area contributed by atoms with E-state index in [2.05, 4.69) is 11.1 Å². The molecule has 0 radical (unpaired) electrons. The van der Waals surface area contributed by atoms with Crippen LogP contribution < -0.4 is 9.47 Å². The summed E-state index contributed by atoms with van der Waals surface area (Å²) in [6, 6.07) is 13.5. The van der Waals surface area contributed by atoms with Gasteiger partial charge < -0.3 is 9.47 Å². The van der Waals surface area contributed by atoms with E-state index in [0.717, 1.165) is 16.9 Å². The number of rotatable bonds is 3. The molecule has 0 bridgehead atoms. The van der Waals surface area contributed by atoms with Gasteiger partial charge >= 0.3 is 0 Å². The van der Waals surface area contributed by atoms with Crippen LogP contribution in [0.25, 0.3) is 16.9 Å². The van der Waals surface area contributed by atoms with Gasteiger partial charge in [-0.3, -0.25) is 4.40 Å². The van der Waals surface area contributed by atoms with E-state index in [0.29, 0.717) is 22.9 Å². The Morgan fingerprint density at radius 2 is 1.86 bits per heavy atom. The number of aromatic nitrogens is 2. The third-order valence-corrected chi connectivity index (χ3v) is 3.60. The number of ether oxygens (including phenoxy) is 2. The molecule has 0 aliphatic carbocycles. The van der Waals surface area contributed by atoms with Crippen LogP contribution in [0, 0.1) is 18.3 Å². The molecule has 110 valence electrons. The van der Waals surface area contributed by atoms with E-state index in [-0.39, 0.29) is 0 Å². The molecular formula is C17H15N3O2. The first-order valence-electron chi connectivity index (χ1n) is 6.80. The first-order valence-corrected chi connectivity index (χ1v) is 6.80. The lowest BCUT2D eigenvalue weighted by molar-refractivity contribution is 0.355. The van der Waals surface area contributed by atoms with Crippen LogP contribution in [-0.2, 0) is 0 Å². The lowest BCUT2D eigenvalue weighted by atomic mass is 10.1. The second-order valence-corrected chi connectivity index (χ2v) is 4.85. The summed E-state index contributed by atoms with van der Waals surface area (Å²) in [5.74, 6) is 1.25. The number of pyridine rings is 1. The summed E-state index contributed by atoms with van der Waals surface area (Å²) in [4.78, 5) is 4.59. The highest BCUT2D eigenvalue weighted by Gasteiger charge is 2.16. The zero-order valence-corrected chi connectivity index (χ0v) is 12.6. The second kappa shape index (κ2) is 5.41. The highest BCUT2D eigenvalue weighted by atomic mass is 16.5. The number of nitrogens with zero attached hydrogens (tertiary/aromatic N) is 3. The standard InChI is InChI=1S/C17H15N3O2/c1-11-5-4-6-16-19-17(13(10-18)20(11)16)12-7-8-14(21-2)15(9-12)22-3/h4-9H,1-3H3. The molecule has 5 heteroatoms. The van der Waals surface area contributed by atoms with Crippen molar-refractivity contribution in [2.24, 2.45) is 0 Å². The van der Waals surface area contributed by atoms with Gasteiger partial charge in [0.1, 0.15) is 17.4 Å². The van der Waals surface area contributed by atoms with E-state index in [4.69, 9.17) is 9.47 Å². The fourth-order valence-corrected chi connectivity index (χ4v) is 2.54. The zero-order chi connectivity index (χ0) is 15.7.